The fraction of sp³-hybridized carbons (Fsp3) is 0.188. The lowest BCUT2D eigenvalue weighted by Gasteiger charge is -2.14. The third kappa shape index (κ3) is 3.77. The molecule has 0 aliphatic heterocycles. The molecular weight excluding hydrogens is 288 g/mol. The Hall–Kier alpha value is -1.98. The molecule has 0 saturated heterocycles. The number of methoxy groups -OCH3 is 1. The van der Waals surface area contributed by atoms with Crippen LogP contribution in [0.5, 0.6) is 5.75 Å². The Balaban J connectivity index is 2.26. The molecule has 0 radical (unpaired) electrons. The van der Waals surface area contributed by atoms with E-state index in [4.69, 9.17) is 9.84 Å². The molecule has 0 heterocycles. The Labute approximate surface area is 126 Å². The first-order chi connectivity index (χ1) is 10.0. The van der Waals surface area contributed by atoms with Gasteiger partial charge in [0, 0.05) is 5.56 Å². The Morgan fingerprint density at radius 1 is 1.29 bits per heavy atom. The molecule has 4 nitrogen and oxygen atoms in total. The SMILES string of the molecule is COc1cc(C(=O)O)ccc1[S+]([O-])Cc1cccc(C)c1. The highest BCUT2D eigenvalue weighted by molar-refractivity contribution is 7.90. The zero-order chi connectivity index (χ0) is 15.4. The molecule has 0 bridgehead atoms. The van der Waals surface area contributed by atoms with Crippen molar-refractivity contribution in [2.75, 3.05) is 7.11 Å². The van der Waals surface area contributed by atoms with Crippen molar-refractivity contribution in [3.05, 3.63) is 59.2 Å². The zero-order valence-corrected chi connectivity index (χ0v) is 12.6. The van der Waals surface area contributed by atoms with E-state index in [2.05, 4.69) is 0 Å². The number of aromatic carboxylic acids is 1. The Morgan fingerprint density at radius 3 is 2.67 bits per heavy atom. The zero-order valence-electron chi connectivity index (χ0n) is 11.8. The second kappa shape index (κ2) is 6.65. The Morgan fingerprint density at radius 2 is 2.05 bits per heavy atom. The summed E-state index contributed by atoms with van der Waals surface area (Å²) >= 11 is -1.29. The van der Waals surface area contributed by atoms with Crippen LogP contribution in [0, 0.1) is 6.92 Å². The highest BCUT2D eigenvalue weighted by atomic mass is 32.2. The lowest BCUT2D eigenvalue weighted by molar-refractivity contribution is 0.0696. The number of benzene rings is 2. The first-order valence-electron chi connectivity index (χ1n) is 6.36. The first kappa shape index (κ1) is 15.4. The second-order valence-electron chi connectivity index (χ2n) is 4.65. The van der Waals surface area contributed by atoms with Gasteiger partial charge in [-0.2, -0.15) is 0 Å². The molecule has 1 N–H and O–H groups in total. The molecule has 2 aromatic rings. The van der Waals surface area contributed by atoms with Gasteiger partial charge in [0.05, 0.1) is 12.7 Å². The minimum atomic E-state index is -1.29. The monoisotopic (exact) mass is 304 g/mol. The van der Waals surface area contributed by atoms with Gasteiger partial charge < -0.3 is 14.4 Å². The van der Waals surface area contributed by atoms with Crippen LogP contribution in [0.15, 0.2) is 47.4 Å². The van der Waals surface area contributed by atoms with Crippen molar-refractivity contribution in [3.63, 3.8) is 0 Å². The van der Waals surface area contributed by atoms with Crippen LogP contribution in [0.4, 0.5) is 0 Å². The molecule has 1 unspecified atom stereocenters. The van der Waals surface area contributed by atoms with E-state index in [9.17, 15) is 9.35 Å². The van der Waals surface area contributed by atoms with Crippen LogP contribution in [-0.2, 0) is 16.9 Å². The maximum Gasteiger partial charge on any atom is 0.335 e. The summed E-state index contributed by atoms with van der Waals surface area (Å²) in [5, 5.41) is 8.97. The fourth-order valence-electron chi connectivity index (χ4n) is 2.02. The lowest BCUT2D eigenvalue weighted by atomic mass is 10.2. The highest BCUT2D eigenvalue weighted by Gasteiger charge is 2.19. The van der Waals surface area contributed by atoms with Gasteiger partial charge in [-0.3, -0.25) is 0 Å². The predicted molar refractivity (Wildman–Crippen MR) is 81.2 cm³/mol. The molecule has 0 aromatic heterocycles. The van der Waals surface area contributed by atoms with Crippen molar-refractivity contribution in [1.29, 1.82) is 0 Å². The minimum absolute atomic E-state index is 0.114. The normalized spacial score (nSPS) is 12.0. The summed E-state index contributed by atoms with van der Waals surface area (Å²) < 4.78 is 17.6. The van der Waals surface area contributed by atoms with Gasteiger partial charge in [-0.1, -0.05) is 29.8 Å². The van der Waals surface area contributed by atoms with Crippen LogP contribution in [0.25, 0.3) is 0 Å². The van der Waals surface area contributed by atoms with Crippen LogP contribution in [0.2, 0.25) is 0 Å². The summed E-state index contributed by atoms with van der Waals surface area (Å²) in [5.74, 6) is -0.338. The molecule has 2 aromatic carbocycles. The summed E-state index contributed by atoms with van der Waals surface area (Å²) in [7, 11) is 1.44. The number of carbonyl (C=O) groups is 1. The second-order valence-corrected chi connectivity index (χ2v) is 6.07. The molecule has 5 heteroatoms. The molecule has 0 spiro atoms. The maximum atomic E-state index is 12.5. The van der Waals surface area contributed by atoms with Gasteiger partial charge >= 0.3 is 5.97 Å². The summed E-state index contributed by atoms with van der Waals surface area (Å²) in [6.45, 7) is 1.98. The van der Waals surface area contributed by atoms with Crippen molar-refractivity contribution in [2.45, 2.75) is 17.6 Å². The van der Waals surface area contributed by atoms with Crippen LogP contribution < -0.4 is 4.74 Å². The van der Waals surface area contributed by atoms with Gasteiger partial charge in [-0.15, -0.1) is 0 Å². The molecular formula is C16H16O4S. The van der Waals surface area contributed by atoms with Crippen LogP contribution in [-0.4, -0.2) is 22.7 Å². The van der Waals surface area contributed by atoms with Crippen molar-refractivity contribution < 1.29 is 19.2 Å². The summed E-state index contributed by atoms with van der Waals surface area (Å²) in [5.41, 5.74) is 2.19. The summed E-state index contributed by atoms with van der Waals surface area (Å²) in [4.78, 5) is 11.5. The smallest absolute Gasteiger partial charge is 0.335 e. The van der Waals surface area contributed by atoms with E-state index < -0.39 is 17.1 Å². The summed E-state index contributed by atoms with van der Waals surface area (Å²) in [6, 6.07) is 12.2. The van der Waals surface area contributed by atoms with E-state index in [1.165, 1.54) is 19.2 Å². The summed E-state index contributed by atoms with van der Waals surface area (Å²) in [6.07, 6.45) is 0. The first-order valence-corrected chi connectivity index (χ1v) is 7.68. The number of hydrogen-bond acceptors (Lipinski definition) is 3. The fourth-order valence-corrected chi connectivity index (χ4v) is 3.24. The van der Waals surface area contributed by atoms with E-state index in [0.717, 1.165) is 11.1 Å². The molecule has 110 valence electrons. The number of ether oxygens (including phenoxy) is 1. The molecule has 0 aliphatic carbocycles. The van der Waals surface area contributed by atoms with Gasteiger partial charge in [0.2, 0.25) is 0 Å². The van der Waals surface area contributed by atoms with E-state index in [1.54, 1.807) is 6.07 Å². The molecule has 0 fully saturated rings. The molecule has 0 saturated carbocycles. The molecule has 0 aliphatic rings. The van der Waals surface area contributed by atoms with Crippen molar-refractivity contribution in [3.8, 4) is 5.75 Å². The van der Waals surface area contributed by atoms with E-state index in [0.29, 0.717) is 16.4 Å². The van der Waals surface area contributed by atoms with Crippen LogP contribution in [0.3, 0.4) is 0 Å². The van der Waals surface area contributed by atoms with Crippen molar-refractivity contribution in [2.24, 2.45) is 0 Å². The van der Waals surface area contributed by atoms with Gasteiger partial charge in [-0.05, 0) is 36.3 Å². The maximum absolute atomic E-state index is 12.5. The topological polar surface area (TPSA) is 69.6 Å². The van der Waals surface area contributed by atoms with Gasteiger partial charge in [-0.25, -0.2) is 4.79 Å². The minimum Gasteiger partial charge on any atom is -0.611 e. The number of carboxylic acid groups (broad SMARTS) is 1. The van der Waals surface area contributed by atoms with E-state index in [1.807, 2.05) is 31.2 Å². The number of hydrogen-bond donors (Lipinski definition) is 1. The van der Waals surface area contributed by atoms with Gasteiger partial charge in [0.1, 0.15) is 5.75 Å². The molecule has 21 heavy (non-hydrogen) atoms. The lowest BCUT2D eigenvalue weighted by Crippen LogP contribution is -2.08. The molecule has 2 rings (SSSR count). The average molecular weight is 304 g/mol. The van der Waals surface area contributed by atoms with Gasteiger partial charge in [0.15, 0.2) is 10.6 Å². The number of aryl methyl sites for hydroxylation is 1. The van der Waals surface area contributed by atoms with Crippen molar-refractivity contribution in [1.82, 2.24) is 0 Å². The van der Waals surface area contributed by atoms with E-state index >= 15 is 0 Å². The average Bonchev–Trinajstić information content (AvgIpc) is 2.46. The van der Waals surface area contributed by atoms with Crippen LogP contribution >= 0.6 is 0 Å². The molecule has 0 amide bonds. The Kier molecular flexibility index (Phi) is 4.88. The standard InChI is InChI=1S/C16H16O4S/c1-11-4-3-5-12(8-11)10-21(19)15-7-6-13(16(17)18)9-14(15)20-2/h3-9H,10H2,1-2H3,(H,17,18). The number of rotatable bonds is 5. The van der Waals surface area contributed by atoms with E-state index in [-0.39, 0.29) is 5.56 Å². The largest absolute Gasteiger partial charge is 0.611 e. The van der Waals surface area contributed by atoms with Crippen molar-refractivity contribution >= 4 is 17.1 Å². The van der Waals surface area contributed by atoms with Gasteiger partial charge in [0.25, 0.3) is 0 Å². The third-order valence-corrected chi connectivity index (χ3v) is 4.46. The predicted octanol–water partition coefficient (Wildman–Crippen LogP) is 3.01. The Bertz CT molecular complexity index is 654. The highest BCUT2D eigenvalue weighted by Crippen LogP contribution is 2.28. The van der Waals surface area contributed by atoms with Crippen LogP contribution in [0.1, 0.15) is 21.5 Å². The third-order valence-electron chi connectivity index (χ3n) is 3.04. The quantitative estimate of drug-likeness (QED) is 0.862. The molecule has 1 atom stereocenters. The number of carboxylic acids is 1.